The van der Waals surface area contributed by atoms with Crippen molar-refractivity contribution in [2.24, 2.45) is 0 Å². The van der Waals surface area contributed by atoms with E-state index in [1.807, 2.05) is 24.7 Å². The minimum Gasteiger partial charge on any atom is -0.453 e. The van der Waals surface area contributed by atoms with E-state index in [0.29, 0.717) is 19.0 Å². The van der Waals surface area contributed by atoms with Gasteiger partial charge in [-0.25, -0.2) is 23.4 Å². The molecular formula is C29H36N4O4S. The third-order valence-corrected chi connectivity index (χ3v) is 9.10. The van der Waals surface area contributed by atoms with Gasteiger partial charge in [0.25, 0.3) is 0 Å². The molecule has 0 radical (unpaired) electrons. The summed E-state index contributed by atoms with van der Waals surface area (Å²) in [5.74, 6) is 4.51. The van der Waals surface area contributed by atoms with E-state index < -0.39 is 9.84 Å². The minimum atomic E-state index is -2.92. The molecule has 202 valence electrons. The molecule has 4 heterocycles. The molecule has 0 N–H and O–H groups in total. The number of sulfone groups is 1. The number of nitrogens with zero attached hydrogens (tertiary/aromatic N) is 4. The van der Waals surface area contributed by atoms with Gasteiger partial charge in [-0.05, 0) is 53.5 Å². The van der Waals surface area contributed by atoms with Crippen LogP contribution in [0.3, 0.4) is 0 Å². The molecule has 5 rings (SSSR count). The van der Waals surface area contributed by atoms with Crippen LogP contribution in [0.25, 0.3) is 0 Å². The van der Waals surface area contributed by atoms with Gasteiger partial charge in [0.2, 0.25) is 6.79 Å². The summed E-state index contributed by atoms with van der Waals surface area (Å²) in [5, 5.41) is 0. The lowest BCUT2D eigenvalue weighted by molar-refractivity contribution is 0.172. The second-order valence-corrected chi connectivity index (χ2v) is 13.1. The van der Waals surface area contributed by atoms with Gasteiger partial charge in [0.05, 0.1) is 11.5 Å². The Balaban J connectivity index is 1.22. The molecule has 8 nitrogen and oxygen atoms in total. The Kier molecular flexibility index (Phi) is 7.56. The molecule has 2 aromatic heterocycles. The summed E-state index contributed by atoms with van der Waals surface area (Å²) in [6.45, 7) is 9.89. The lowest BCUT2D eigenvalue weighted by Gasteiger charge is -2.28. The number of rotatable bonds is 8. The highest BCUT2D eigenvalue weighted by atomic mass is 32.2. The van der Waals surface area contributed by atoms with E-state index in [9.17, 15) is 8.42 Å². The molecule has 0 amide bonds. The van der Waals surface area contributed by atoms with Gasteiger partial charge in [-0.3, -0.25) is 0 Å². The Morgan fingerprint density at radius 3 is 2.32 bits per heavy atom. The van der Waals surface area contributed by atoms with Crippen molar-refractivity contribution in [1.29, 1.82) is 0 Å². The van der Waals surface area contributed by atoms with Gasteiger partial charge in [0.15, 0.2) is 21.3 Å². The highest BCUT2D eigenvalue weighted by Gasteiger charge is 2.25. The Hall–Kier alpha value is -3.20. The third kappa shape index (κ3) is 5.77. The fourth-order valence-corrected chi connectivity index (χ4v) is 6.36. The van der Waals surface area contributed by atoms with Crippen molar-refractivity contribution < 1.29 is 17.9 Å². The molecule has 0 saturated carbocycles. The first kappa shape index (κ1) is 26.4. The molecule has 1 aromatic carbocycles. The summed E-state index contributed by atoms with van der Waals surface area (Å²) >= 11 is 0. The van der Waals surface area contributed by atoms with Crippen LogP contribution in [0.5, 0.6) is 11.5 Å². The lowest BCUT2D eigenvalue weighted by Crippen LogP contribution is -2.40. The van der Waals surface area contributed by atoms with Crippen LogP contribution in [0.1, 0.15) is 73.5 Å². The molecule has 1 saturated heterocycles. The molecule has 38 heavy (non-hydrogen) atoms. The lowest BCUT2D eigenvalue weighted by atomic mass is 9.94. The Labute approximate surface area is 225 Å². The first-order valence-corrected chi connectivity index (χ1v) is 15.2. The first-order chi connectivity index (χ1) is 18.2. The van der Waals surface area contributed by atoms with Crippen molar-refractivity contribution in [2.45, 2.75) is 58.3 Å². The van der Waals surface area contributed by atoms with Gasteiger partial charge in [-0.1, -0.05) is 39.8 Å². The van der Waals surface area contributed by atoms with E-state index >= 15 is 0 Å². The Morgan fingerprint density at radius 1 is 0.895 bits per heavy atom. The van der Waals surface area contributed by atoms with Gasteiger partial charge in [0.1, 0.15) is 11.6 Å². The maximum absolute atomic E-state index is 11.8. The van der Waals surface area contributed by atoms with E-state index in [4.69, 9.17) is 19.4 Å². The molecule has 3 aromatic rings. The zero-order valence-corrected chi connectivity index (χ0v) is 23.4. The van der Waals surface area contributed by atoms with E-state index in [0.717, 1.165) is 47.1 Å². The number of ether oxygens (including phenoxy) is 2. The van der Waals surface area contributed by atoms with Crippen molar-refractivity contribution in [1.82, 2.24) is 15.0 Å². The van der Waals surface area contributed by atoms with Crippen molar-refractivity contribution in [3.63, 3.8) is 0 Å². The van der Waals surface area contributed by atoms with E-state index in [1.165, 1.54) is 11.1 Å². The van der Waals surface area contributed by atoms with E-state index in [2.05, 4.69) is 55.8 Å². The largest absolute Gasteiger partial charge is 0.453 e. The van der Waals surface area contributed by atoms with Gasteiger partial charge >= 0.3 is 0 Å². The monoisotopic (exact) mass is 536 g/mol. The minimum absolute atomic E-state index is 0.135. The SMILES string of the molecule is CC(C)c1ccc(C[C@H](C)c2ncc(C[C@H](C)c3ccnc(N4CCS(=O)(=O)CC4)c3)cn2)c2c1OCO2. The summed E-state index contributed by atoms with van der Waals surface area (Å²) in [4.78, 5) is 16.0. The van der Waals surface area contributed by atoms with Crippen molar-refractivity contribution >= 4 is 15.7 Å². The molecular weight excluding hydrogens is 500 g/mol. The van der Waals surface area contributed by atoms with Gasteiger partial charge < -0.3 is 14.4 Å². The van der Waals surface area contributed by atoms with Crippen LogP contribution >= 0.6 is 0 Å². The third-order valence-electron chi connectivity index (χ3n) is 7.49. The zero-order valence-electron chi connectivity index (χ0n) is 22.6. The standard InChI is InChI=1S/C29H36N4O4S/c1-19(2)25-6-5-24(27-28(25)37-18-36-27)14-21(4)29-31-16-22(17-32-29)13-20(3)23-7-8-30-26(15-23)33-9-11-38(34,35)12-10-33/h5-8,15-17,19-21H,9-14,18H2,1-4H3/t20-,21-/m0/s1. The predicted molar refractivity (Wildman–Crippen MR) is 148 cm³/mol. The van der Waals surface area contributed by atoms with E-state index in [1.54, 1.807) is 0 Å². The number of pyridine rings is 1. The summed E-state index contributed by atoms with van der Waals surface area (Å²) in [6, 6.07) is 8.39. The molecule has 0 unspecified atom stereocenters. The number of hydrogen-bond acceptors (Lipinski definition) is 8. The molecule has 2 atom stereocenters. The second-order valence-electron chi connectivity index (χ2n) is 10.8. The Bertz CT molecular complexity index is 1380. The number of benzene rings is 1. The summed E-state index contributed by atoms with van der Waals surface area (Å²) in [7, 11) is -2.92. The fourth-order valence-electron chi connectivity index (χ4n) is 5.16. The summed E-state index contributed by atoms with van der Waals surface area (Å²) < 4.78 is 35.1. The normalized spacial score (nSPS) is 18.0. The summed E-state index contributed by atoms with van der Waals surface area (Å²) in [5.41, 5.74) is 4.54. The van der Waals surface area contributed by atoms with Crippen LogP contribution in [0.4, 0.5) is 5.82 Å². The Morgan fingerprint density at radius 2 is 1.61 bits per heavy atom. The fraction of sp³-hybridized carbons (Fsp3) is 0.483. The first-order valence-electron chi connectivity index (χ1n) is 13.3. The molecule has 2 aliphatic rings. The van der Waals surface area contributed by atoms with Crippen LogP contribution in [-0.4, -0.2) is 54.8 Å². The molecule has 0 aliphatic carbocycles. The molecule has 0 spiro atoms. The van der Waals surface area contributed by atoms with Crippen LogP contribution in [0.2, 0.25) is 0 Å². The zero-order chi connectivity index (χ0) is 26.9. The smallest absolute Gasteiger partial charge is 0.231 e. The predicted octanol–water partition coefficient (Wildman–Crippen LogP) is 4.65. The molecule has 1 fully saturated rings. The summed E-state index contributed by atoms with van der Waals surface area (Å²) in [6.07, 6.45) is 7.25. The number of fused-ring (bicyclic) bond motifs is 1. The number of aromatic nitrogens is 3. The molecule has 9 heteroatoms. The second kappa shape index (κ2) is 10.9. The van der Waals surface area contributed by atoms with E-state index in [-0.39, 0.29) is 30.1 Å². The highest BCUT2D eigenvalue weighted by molar-refractivity contribution is 7.91. The topological polar surface area (TPSA) is 94.5 Å². The number of hydrogen-bond donors (Lipinski definition) is 0. The molecule has 2 aliphatic heterocycles. The van der Waals surface area contributed by atoms with Crippen molar-refractivity contribution in [3.05, 3.63) is 70.9 Å². The van der Waals surface area contributed by atoms with Gasteiger partial charge in [0, 0.05) is 43.2 Å². The average Bonchev–Trinajstić information content (AvgIpc) is 3.39. The van der Waals surface area contributed by atoms with Gasteiger partial charge in [-0.2, -0.15) is 0 Å². The van der Waals surface area contributed by atoms with Crippen molar-refractivity contribution in [3.8, 4) is 11.5 Å². The van der Waals surface area contributed by atoms with Crippen molar-refractivity contribution in [2.75, 3.05) is 36.3 Å². The maximum atomic E-state index is 11.8. The van der Waals surface area contributed by atoms with Gasteiger partial charge in [-0.15, -0.1) is 0 Å². The average molecular weight is 537 g/mol. The van der Waals surface area contributed by atoms with Crippen LogP contribution < -0.4 is 14.4 Å². The van der Waals surface area contributed by atoms with Crippen LogP contribution in [-0.2, 0) is 22.7 Å². The quantitative estimate of drug-likeness (QED) is 0.411. The highest BCUT2D eigenvalue weighted by Crippen LogP contribution is 2.43. The van der Waals surface area contributed by atoms with Crippen LogP contribution in [0, 0.1) is 0 Å². The maximum Gasteiger partial charge on any atom is 0.231 e. The van der Waals surface area contributed by atoms with Crippen LogP contribution in [0.15, 0.2) is 42.9 Å². The molecule has 0 bridgehead atoms. The number of anilines is 1.